The van der Waals surface area contributed by atoms with Gasteiger partial charge in [-0.1, -0.05) is 30.3 Å². The molecule has 0 fully saturated rings. The quantitative estimate of drug-likeness (QED) is 0.529. The molecule has 2 N–H and O–H groups in total. The normalized spacial score (nSPS) is 12.0. The number of nitrogens with one attached hydrogen (secondary N) is 2. The zero-order valence-corrected chi connectivity index (χ0v) is 19.2. The van der Waals surface area contributed by atoms with Gasteiger partial charge in [-0.15, -0.1) is 0 Å². The number of ether oxygens (including phenoxy) is 2. The van der Waals surface area contributed by atoms with Crippen molar-refractivity contribution in [1.82, 2.24) is 5.32 Å². The molecule has 3 aromatic rings. The smallest absolute Gasteiger partial charge is 0.261 e. The molecule has 0 unspecified atom stereocenters. The lowest BCUT2D eigenvalue weighted by Gasteiger charge is -2.18. The summed E-state index contributed by atoms with van der Waals surface area (Å²) in [7, 11) is -0.654. The number of carbonyl (C=O) groups is 1. The number of carbonyl (C=O) groups excluding carboxylic acids is 1. The SMILES string of the molecule is COc1ccc([C@@H](C)NC(=O)c2cccc(NS(=O)(=O)c3ccccc3)c2C)cc1OC. The number of hydrogen-bond acceptors (Lipinski definition) is 5. The number of anilines is 1. The largest absolute Gasteiger partial charge is 0.493 e. The van der Waals surface area contributed by atoms with Gasteiger partial charge in [0.05, 0.1) is 30.8 Å². The zero-order chi connectivity index (χ0) is 23.3. The van der Waals surface area contributed by atoms with Crippen LogP contribution in [0.1, 0.15) is 34.5 Å². The van der Waals surface area contributed by atoms with E-state index in [0.29, 0.717) is 28.3 Å². The number of methoxy groups -OCH3 is 2. The Morgan fingerprint density at radius 3 is 2.25 bits per heavy atom. The molecule has 0 saturated heterocycles. The predicted octanol–water partition coefficient (Wildman–Crippen LogP) is 4.30. The Hall–Kier alpha value is -3.52. The lowest BCUT2D eigenvalue weighted by molar-refractivity contribution is 0.0939. The molecular weight excluding hydrogens is 428 g/mol. The molecule has 1 atom stereocenters. The van der Waals surface area contributed by atoms with E-state index in [4.69, 9.17) is 9.47 Å². The van der Waals surface area contributed by atoms with Crippen molar-refractivity contribution >= 4 is 21.6 Å². The lowest BCUT2D eigenvalue weighted by Crippen LogP contribution is -2.27. The summed E-state index contributed by atoms with van der Waals surface area (Å²) in [6.45, 7) is 3.56. The lowest BCUT2D eigenvalue weighted by atomic mass is 10.0. The molecule has 0 aliphatic heterocycles. The summed E-state index contributed by atoms with van der Waals surface area (Å²) in [5.41, 5.74) is 2.10. The highest BCUT2D eigenvalue weighted by Gasteiger charge is 2.19. The zero-order valence-electron chi connectivity index (χ0n) is 18.4. The number of rotatable bonds is 8. The molecule has 3 rings (SSSR count). The summed E-state index contributed by atoms with van der Waals surface area (Å²) in [6, 6.07) is 18.1. The van der Waals surface area contributed by atoms with Gasteiger partial charge in [-0.25, -0.2) is 8.42 Å². The Balaban J connectivity index is 1.81. The molecule has 0 radical (unpaired) electrons. The first kappa shape index (κ1) is 23.1. The molecule has 0 aromatic heterocycles. The van der Waals surface area contributed by atoms with Gasteiger partial charge in [0.15, 0.2) is 11.5 Å². The van der Waals surface area contributed by atoms with Crippen LogP contribution in [0.4, 0.5) is 5.69 Å². The van der Waals surface area contributed by atoms with Crippen molar-refractivity contribution in [3.63, 3.8) is 0 Å². The number of amides is 1. The van der Waals surface area contributed by atoms with Crippen LogP contribution in [0.25, 0.3) is 0 Å². The standard InChI is InChI=1S/C24H26N2O5S/c1-16-20(11-8-12-21(16)26-32(28,29)19-9-6-5-7-10-19)24(27)25-17(2)18-13-14-22(30-3)23(15-18)31-4/h5-15,17,26H,1-4H3,(H,25,27)/t17-/m1/s1. The van der Waals surface area contributed by atoms with Gasteiger partial charge >= 0.3 is 0 Å². The molecule has 168 valence electrons. The monoisotopic (exact) mass is 454 g/mol. The van der Waals surface area contributed by atoms with Gasteiger partial charge in [-0.05, 0) is 61.4 Å². The molecule has 7 nitrogen and oxygen atoms in total. The Kier molecular flexibility index (Phi) is 7.05. The first-order chi connectivity index (χ1) is 15.3. The van der Waals surface area contributed by atoms with Gasteiger partial charge < -0.3 is 14.8 Å². The number of hydrogen-bond donors (Lipinski definition) is 2. The van der Waals surface area contributed by atoms with E-state index < -0.39 is 10.0 Å². The van der Waals surface area contributed by atoms with Crippen LogP contribution in [-0.4, -0.2) is 28.5 Å². The fourth-order valence-electron chi connectivity index (χ4n) is 3.28. The molecule has 8 heteroatoms. The van der Waals surface area contributed by atoms with Gasteiger partial charge in [0.25, 0.3) is 15.9 Å². The maximum absolute atomic E-state index is 13.0. The second kappa shape index (κ2) is 9.74. The summed E-state index contributed by atoms with van der Waals surface area (Å²) in [5.74, 6) is 0.856. The highest BCUT2D eigenvalue weighted by atomic mass is 32.2. The third kappa shape index (κ3) is 5.03. The van der Waals surface area contributed by atoms with E-state index >= 15 is 0 Å². The first-order valence-corrected chi connectivity index (χ1v) is 11.5. The summed E-state index contributed by atoms with van der Waals surface area (Å²) in [5, 5.41) is 2.95. The minimum Gasteiger partial charge on any atom is -0.493 e. The summed E-state index contributed by atoms with van der Waals surface area (Å²) in [4.78, 5) is 13.1. The Bertz CT molecular complexity index is 1210. The van der Waals surface area contributed by atoms with Gasteiger partial charge in [-0.3, -0.25) is 9.52 Å². The summed E-state index contributed by atoms with van der Waals surface area (Å²) < 4.78 is 38.5. The third-order valence-corrected chi connectivity index (χ3v) is 6.51. The van der Waals surface area contributed by atoms with Crippen LogP contribution in [0, 0.1) is 6.92 Å². The second-order valence-corrected chi connectivity index (χ2v) is 8.89. The van der Waals surface area contributed by atoms with Crippen LogP contribution in [0.5, 0.6) is 11.5 Å². The molecule has 0 heterocycles. The van der Waals surface area contributed by atoms with E-state index in [1.54, 1.807) is 69.7 Å². The van der Waals surface area contributed by atoms with Gasteiger partial charge in [0, 0.05) is 5.56 Å². The van der Waals surface area contributed by atoms with Crippen molar-refractivity contribution < 1.29 is 22.7 Å². The topological polar surface area (TPSA) is 93.7 Å². The van der Waals surface area contributed by atoms with Gasteiger partial charge in [-0.2, -0.15) is 0 Å². The Labute approximate surface area is 188 Å². The van der Waals surface area contributed by atoms with Crippen molar-refractivity contribution in [2.45, 2.75) is 24.8 Å². The molecule has 0 spiro atoms. The minimum absolute atomic E-state index is 0.149. The Morgan fingerprint density at radius 1 is 0.906 bits per heavy atom. The average Bonchev–Trinajstić information content (AvgIpc) is 2.80. The van der Waals surface area contributed by atoms with Crippen molar-refractivity contribution in [2.75, 3.05) is 18.9 Å². The van der Waals surface area contributed by atoms with Crippen LogP contribution in [0.2, 0.25) is 0 Å². The second-order valence-electron chi connectivity index (χ2n) is 7.21. The number of benzene rings is 3. The van der Waals surface area contributed by atoms with E-state index in [-0.39, 0.29) is 16.8 Å². The molecule has 0 saturated carbocycles. The van der Waals surface area contributed by atoms with E-state index in [9.17, 15) is 13.2 Å². The van der Waals surface area contributed by atoms with E-state index in [1.807, 2.05) is 13.0 Å². The fraction of sp³-hybridized carbons (Fsp3) is 0.208. The molecule has 0 bridgehead atoms. The Morgan fingerprint density at radius 2 is 1.59 bits per heavy atom. The van der Waals surface area contributed by atoms with Crippen LogP contribution >= 0.6 is 0 Å². The number of sulfonamides is 1. The van der Waals surface area contributed by atoms with Crippen LogP contribution in [0.15, 0.2) is 71.6 Å². The average molecular weight is 455 g/mol. The summed E-state index contributed by atoms with van der Waals surface area (Å²) in [6.07, 6.45) is 0. The maximum atomic E-state index is 13.0. The summed E-state index contributed by atoms with van der Waals surface area (Å²) >= 11 is 0. The molecule has 3 aromatic carbocycles. The van der Waals surface area contributed by atoms with Gasteiger partial charge in [0.2, 0.25) is 0 Å². The molecule has 1 amide bonds. The van der Waals surface area contributed by atoms with Crippen molar-refractivity contribution in [3.8, 4) is 11.5 Å². The van der Waals surface area contributed by atoms with E-state index in [2.05, 4.69) is 10.0 Å². The molecule has 0 aliphatic carbocycles. The first-order valence-electron chi connectivity index (χ1n) is 9.97. The third-order valence-electron chi connectivity index (χ3n) is 5.13. The van der Waals surface area contributed by atoms with Crippen LogP contribution in [-0.2, 0) is 10.0 Å². The molecule has 32 heavy (non-hydrogen) atoms. The fourth-order valence-corrected chi connectivity index (χ4v) is 4.42. The van der Waals surface area contributed by atoms with Crippen LogP contribution < -0.4 is 19.5 Å². The maximum Gasteiger partial charge on any atom is 0.261 e. The van der Waals surface area contributed by atoms with Crippen molar-refractivity contribution in [1.29, 1.82) is 0 Å². The minimum atomic E-state index is -3.77. The van der Waals surface area contributed by atoms with Crippen LogP contribution in [0.3, 0.4) is 0 Å². The predicted molar refractivity (Wildman–Crippen MR) is 124 cm³/mol. The molecular formula is C24H26N2O5S. The van der Waals surface area contributed by atoms with Crippen molar-refractivity contribution in [3.05, 3.63) is 83.4 Å². The highest BCUT2D eigenvalue weighted by Crippen LogP contribution is 2.30. The van der Waals surface area contributed by atoms with E-state index in [0.717, 1.165) is 5.56 Å². The van der Waals surface area contributed by atoms with Gasteiger partial charge in [0.1, 0.15) is 0 Å². The molecule has 0 aliphatic rings. The highest BCUT2D eigenvalue weighted by molar-refractivity contribution is 7.92. The van der Waals surface area contributed by atoms with E-state index in [1.165, 1.54) is 12.1 Å². The van der Waals surface area contributed by atoms with Crippen molar-refractivity contribution in [2.24, 2.45) is 0 Å².